The molecule has 2 aromatic heterocycles. The molecule has 0 radical (unpaired) electrons. The fourth-order valence-electron chi connectivity index (χ4n) is 9.66. The van der Waals surface area contributed by atoms with Gasteiger partial charge in [0.2, 0.25) is 5.95 Å². The molecule has 0 aliphatic heterocycles. The van der Waals surface area contributed by atoms with Gasteiger partial charge in [0.15, 0.2) is 0 Å². The molecule has 0 fully saturated rings. The van der Waals surface area contributed by atoms with Crippen molar-refractivity contribution in [2.75, 3.05) is 4.90 Å². The molecule has 4 heteroatoms. The third-order valence-electron chi connectivity index (χ3n) is 12.1. The van der Waals surface area contributed by atoms with Crippen molar-refractivity contribution in [3.63, 3.8) is 0 Å². The number of aromatic nitrogens is 2. The Labute approximate surface area is 346 Å². The van der Waals surface area contributed by atoms with E-state index in [1.807, 2.05) is 11.3 Å². The smallest absolute Gasteiger partial charge is 0.235 e. The molecule has 1 aliphatic carbocycles. The molecular weight excluding hydrogens is 735 g/mol. The van der Waals surface area contributed by atoms with Crippen LogP contribution in [-0.4, -0.2) is 9.97 Å². The second-order valence-corrected chi connectivity index (χ2v) is 16.3. The van der Waals surface area contributed by atoms with Gasteiger partial charge >= 0.3 is 0 Å². The van der Waals surface area contributed by atoms with E-state index in [0.717, 1.165) is 44.3 Å². The number of hydrogen-bond acceptors (Lipinski definition) is 4. The predicted molar refractivity (Wildman–Crippen MR) is 247 cm³/mol. The van der Waals surface area contributed by atoms with Crippen LogP contribution in [0.5, 0.6) is 0 Å². The minimum atomic E-state index is -0.563. The van der Waals surface area contributed by atoms with Crippen molar-refractivity contribution in [1.29, 1.82) is 0 Å². The Balaban J connectivity index is 1.20. The standard InChI is InChI=1S/C55H35N3S/c1-3-18-37(19-4-1)52-45-34-33-36-17-7-8-24-41(36)53(45)57-54(56-52)58(48-30-16-32-50-51(48)44-27-11-14-31-49(44)59-50)40-23-15-22-39(35-40)55(38-20-5-2-6-21-38)46-28-12-9-25-42(46)43-26-10-13-29-47(43)55/h1-35H. The zero-order valence-electron chi connectivity index (χ0n) is 32.0. The van der Waals surface area contributed by atoms with E-state index in [2.05, 4.69) is 217 Å². The zero-order chi connectivity index (χ0) is 38.9. The van der Waals surface area contributed by atoms with E-state index in [1.165, 1.54) is 53.6 Å². The first-order valence-corrected chi connectivity index (χ1v) is 20.9. The molecule has 9 aromatic carbocycles. The Morgan fingerprint density at radius 1 is 0.441 bits per heavy atom. The van der Waals surface area contributed by atoms with E-state index in [0.29, 0.717) is 5.95 Å². The normalized spacial score (nSPS) is 12.9. The number of benzene rings is 9. The van der Waals surface area contributed by atoms with Gasteiger partial charge in [-0.25, -0.2) is 9.97 Å². The minimum absolute atomic E-state index is 0.563. The first kappa shape index (κ1) is 33.7. The van der Waals surface area contributed by atoms with Crippen molar-refractivity contribution in [3.05, 3.63) is 235 Å². The van der Waals surface area contributed by atoms with Gasteiger partial charge in [0.05, 0.1) is 22.3 Å². The van der Waals surface area contributed by atoms with E-state index in [9.17, 15) is 0 Å². The maximum atomic E-state index is 5.61. The average Bonchev–Trinajstić information content (AvgIpc) is 3.84. The van der Waals surface area contributed by atoms with Crippen LogP contribution >= 0.6 is 11.3 Å². The van der Waals surface area contributed by atoms with Gasteiger partial charge in [0.1, 0.15) is 0 Å². The molecule has 2 heterocycles. The SMILES string of the molecule is c1ccc(-c2nc(N(c3cccc(C4(c5ccccc5)c5ccccc5-c5ccccc54)c3)c3cccc4sc5ccccc5c34)nc3c2ccc2ccccc23)cc1. The summed E-state index contributed by atoms with van der Waals surface area (Å²) in [4.78, 5) is 13.5. The molecule has 0 bridgehead atoms. The molecule has 3 nitrogen and oxygen atoms in total. The van der Waals surface area contributed by atoms with Crippen LogP contribution in [-0.2, 0) is 5.41 Å². The summed E-state index contributed by atoms with van der Waals surface area (Å²) in [6.07, 6.45) is 0. The Morgan fingerprint density at radius 2 is 1.07 bits per heavy atom. The Bertz CT molecular complexity index is 3360. The third kappa shape index (κ3) is 5.07. The molecule has 1 aliphatic rings. The van der Waals surface area contributed by atoms with E-state index in [4.69, 9.17) is 9.97 Å². The summed E-state index contributed by atoms with van der Waals surface area (Å²) in [5.41, 5.74) is 11.8. The lowest BCUT2D eigenvalue weighted by Crippen LogP contribution is -2.29. The van der Waals surface area contributed by atoms with Crippen molar-refractivity contribution in [1.82, 2.24) is 9.97 Å². The number of thiophene rings is 1. The average molecular weight is 770 g/mol. The van der Waals surface area contributed by atoms with Gasteiger partial charge in [-0.2, -0.15) is 0 Å². The molecule has 0 saturated heterocycles. The summed E-state index contributed by atoms with van der Waals surface area (Å²) >= 11 is 1.83. The fourth-order valence-corrected chi connectivity index (χ4v) is 10.8. The van der Waals surface area contributed by atoms with E-state index in [-0.39, 0.29) is 0 Å². The Kier molecular flexibility index (Phi) is 7.62. The first-order chi connectivity index (χ1) is 29.3. The highest BCUT2D eigenvalue weighted by atomic mass is 32.1. The highest BCUT2D eigenvalue weighted by molar-refractivity contribution is 7.26. The first-order valence-electron chi connectivity index (χ1n) is 20.1. The van der Waals surface area contributed by atoms with Gasteiger partial charge in [-0.1, -0.05) is 176 Å². The molecule has 0 spiro atoms. The maximum Gasteiger partial charge on any atom is 0.235 e. The zero-order valence-corrected chi connectivity index (χ0v) is 32.8. The van der Waals surface area contributed by atoms with Crippen molar-refractivity contribution >= 4 is 70.5 Å². The molecule has 276 valence electrons. The summed E-state index contributed by atoms with van der Waals surface area (Å²) in [7, 11) is 0. The largest absolute Gasteiger partial charge is 0.278 e. The molecule has 0 amide bonds. The van der Waals surface area contributed by atoms with Crippen LogP contribution in [0.3, 0.4) is 0 Å². The highest BCUT2D eigenvalue weighted by Gasteiger charge is 2.46. The van der Waals surface area contributed by atoms with Crippen LogP contribution in [0.1, 0.15) is 22.3 Å². The van der Waals surface area contributed by atoms with Crippen molar-refractivity contribution in [2.45, 2.75) is 5.41 Å². The van der Waals surface area contributed by atoms with Crippen LogP contribution in [0.25, 0.3) is 64.2 Å². The van der Waals surface area contributed by atoms with Crippen LogP contribution in [0, 0.1) is 0 Å². The Morgan fingerprint density at radius 3 is 1.86 bits per heavy atom. The second kappa shape index (κ2) is 13.3. The topological polar surface area (TPSA) is 29.0 Å². The van der Waals surface area contributed by atoms with Crippen molar-refractivity contribution in [3.8, 4) is 22.4 Å². The number of fused-ring (bicyclic) bond motifs is 9. The molecule has 0 unspecified atom stereocenters. The molecule has 12 rings (SSSR count). The molecule has 0 saturated carbocycles. The highest BCUT2D eigenvalue weighted by Crippen LogP contribution is 2.57. The molecule has 0 atom stereocenters. The summed E-state index contributed by atoms with van der Waals surface area (Å²) in [5, 5.41) is 5.68. The van der Waals surface area contributed by atoms with Gasteiger partial charge in [0.25, 0.3) is 0 Å². The summed E-state index contributed by atoms with van der Waals surface area (Å²) < 4.78 is 2.47. The van der Waals surface area contributed by atoms with Gasteiger partial charge in [-0.3, -0.25) is 4.90 Å². The van der Waals surface area contributed by atoms with Crippen molar-refractivity contribution < 1.29 is 0 Å². The quantitative estimate of drug-likeness (QED) is 0.158. The third-order valence-corrected chi connectivity index (χ3v) is 13.3. The van der Waals surface area contributed by atoms with Gasteiger partial charge in [-0.05, 0) is 75.2 Å². The monoisotopic (exact) mass is 769 g/mol. The van der Waals surface area contributed by atoms with Crippen molar-refractivity contribution in [2.24, 2.45) is 0 Å². The van der Waals surface area contributed by atoms with Crippen LogP contribution in [0.15, 0.2) is 212 Å². The molecular formula is C55H35N3S. The van der Waals surface area contributed by atoms with Gasteiger partial charge in [0, 0.05) is 42.2 Å². The lowest BCUT2D eigenvalue weighted by molar-refractivity contribution is 0.768. The molecule has 0 N–H and O–H groups in total. The number of hydrogen-bond donors (Lipinski definition) is 0. The van der Waals surface area contributed by atoms with E-state index in [1.54, 1.807) is 0 Å². The molecule has 11 aromatic rings. The number of nitrogens with zero attached hydrogens (tertiary/aromatic N) is 3. The summed E-state index contributed by atoms with van der Waals surface area (Å²) in [6.45, 7) is 0. The molecule has 59 heavy (non-hydrogen) atoms. The maximum absolute atomic E-state index is 5.61. The minimum Gasteiger partial charge on any atom is -0.278 e. The lowest BCUT2D eigenvalue weighted by atomic mass is 9.67. The van der Waals surface area contributed by atoms with E-state index >= 15 is 0 Å². The number of anilines is 3. The van der Waals surface area contributed by atoms with Crippen LogP contribution in [0.2, 0.25) is 0 Å². The summed E-state index contributed by atoms with van der Waals surface area (Å²) in [6, 6.07) is 76.8. The van der Waals surface area contributed by atoms with E-state index < -0.39 is 5.41 Å². The Hall–Kier alpha value is -7.40. The summed E-state index contributed by atoms with van der Waals surface area (Å²) in [5.74, 6) is 0.619. The van der Waals surface area contributed by atoms with Crippen LogP contribution < -0.4 is 4.90 Å². The number of rotatable bonds is 6. The predicted octanol–water partition coefficient (Wildman–Crippen LogP) is 14.7. The fraction of sp³-hybridized carbons (Fsp3) is 0.0182. The van der Waals surface area contributed by atoms with Crippen LogP contribution in [0.4, 0.5) is 17.3 Å². The van der Waals surface area contributed by atoms with Gasteiger partial charge < -0.3 is 0 Å². The lowest BCUT2D eigenvalue weighted by Gasteiger charge is -2.35. The second-order valence-electron chi connectivity index (χ2n) is 15.3. The van der Waals surface area contributed by atoms with Gasteiger partial charge in [-0.15, -0.1) is 11.3 Å².